The molecule has 0 aliphatic carbocycles. The van der Waals surface area contributed by atoms with Gasteiger partial charge in [0, 0.05) is 27.2 Å². The number of imidazole rings is 1. The minimum Gasteiger partial charge on any atom is -0.356 e. The number of aryl methyl sites for hydroxylation is 2. The Hall–Kier alpha value is -2.05. The molecule has 0 amide bonds. The predicted molar refractivity (Wildman–Crippen MR) is 83.9 cm³/mol. The van der Waals surface area contributed by atoms with Gasteiger partial charge in [0.05, 0.1) is 0 Å². The third-order valence-corrected chi connectivity index (χ3v) is 3.74. The van der Waals surface area contributed by atoms with Crippen molar-refractivity contribution >= 4 is 17.1 Å². The number of hydrogen-bond donors (Lipinski definition) is 1. The molecule has 2 rings (SSSR count). The van der Waals surface area contributed by atoms with Gasteiger partial charge in [0.1, 0.15) is 0 Å². The van der Waals surface area contributed by atoms with Gasteiger partial charge in [-0.15, -0.1) is 0 Å². The molecule has 21 heavy (non-hydrogen) atoms. The zero-order valence-electron chi connectivity index (χ0n) is 13.1. The molecular weight excluding hydrogens is 270 g/mol. The van der Waals surface area contributed by atoms with Gasteiger partial charge in [-0.1, -0.05) is 19.8 Å². The molecule has 0 radical (unpaired) electrons. The molecule has 1 N–H and O–H groups in total. The maximum absolute atomic E-state index is 12.4. The summed E-state index contributed by atoms with van der Waals surface area (Å²) in [5, 5.41) is 3.24. The Morgan fingerprint density at radius 2 is 1.81 bits per heavy atom. The molecule has 0 spiro atoms. The number of hydrogen-bond acceptors (Lipinski definition) is 4. The fourth-order valence-corrected chi connectivity index (χ4v) is 2.46. The summed E-state index contributed by atoms with van der Waals surface area (Å²) in [4.78, 5) is 28.9. The molecule has 2 aromatic rings. The molecule has 0 saturated heterocycles. The largest absolute Gasteiger partial charge is 0.356 e. The van der Waals surface area contributed by atoms with Crippen molar-refractivity contribution in [2.24, 2.45) is 14.1 Å². The number of anilines is 1. The average molecular weight is 293 g/mol. The first kappa shape index (κ1) is 15.3. The lowest BCUT2D eigenvalue weighted by Crippen LogP contribution is -2.39. The van der Waals surface area contributed by atoms with Crippen LogP contribution in [0.1, 0.15) is 33.1 Å². The van der Waals surface area contributed by atoms with Gasteiger partial charge in [0.2, 0.25) is 5.95 Å². The molecule has 0 aliphatic heterocycles. The number of aromatic nitrogens is 4. The summed E-state index contributed by atoms with van der Waals surface area (Å²) in [5.74, 6) is 0.627. The fraction of sp³-hybridized carbons (Fsp3) is 0.643. The maximum atomic E-state index is 12.4. The van der Waals surface area contributed by atoms with E-state index in [0.29, 0.717) is 23.7 Å². The van der Waals surface area contributed by atoms with Crippen LogP contribution >= 0.6 is 0 Å². The van der Waals surface area contributed by atoms with Gasteiger partial charge in [0.25, 0.3) is 5.56 Å². The van der Waals surface area contributed by atoms with Crippen LogP contribution in [0, 0.1) is 0 Å². The Kier molecular flexibility index (Phi) is 4.50. The van der Waals surface area contributed by atoms with E-state index in [-0.39, 0.29) is 11.2 Å². The van der Waals surface area contributed by atoms with E-state index >= 15 is 0 Å². The standard InChI is InChI=1S/C14H23N5O2/c1-5-7-8-9-15-13-16-11-10(17(13)3)12(20)19(6-2)14(21)18(11)4/h5-9H2,1-4H3,(H,15,16). The van der Waals surface area contributed by atoms with E-state index < -0.39 is 0 Å². The number of unbranched alkanes of at least 4 members (excludes halogenated alkanes) is 2. The SMILES string of the molecule is CCCCCNc1nc2c(c(=O)n(CC)c(=O)n2C)n1C. The summed E-state index contributed by atoms with van der Waals surface area (Å²) < 4.78 is 4.39. The van der Waals surface area contributed by atoms with E-state index in [0.717, 1.165) is 25.8 Å². The Balaban J connectivity index is 2.51. The Morgan fingerprint density at radius 1 is 1.10 bits per heavy atom. The minimum atomic E-state index is -0.328. The molecule has 7 nitrogen and oxygen atoms in total. The van der Waals surface area contributed by atoms with Crippen LogP contribution in [-0.4, -0.2) is 25.2 Å². The summed E-state index contributed by atoms with van der Waals surface area (Å²) in [7, 11) is 3.44. The molecule has 2 aromatic heterocycles. The highest BCUT2D eigenvalue weighted by Gasteiger charge is 2.17. The highest BCUT2D eigenvalue weighted by molar-refractivity contribution is 5.74. The van der Waals surface area contributed by atoms with E-state index in [1.807, 2.05) is 0 Å². The van der Waals surface area contributed by atoms with Crippen LogP contribution in [0.3, 0.4) is 0 Å². The molecule has 0 fully saturated rings. The van der Waals surface area contributed by atoms with Gasteiger partial charge in [0.15, 0.2) is 11.2 Å². The zero-order chi connectivity index (χ0) is 15.6. The second-order valence-electron chi connectivity index (χ2n) is 5.19. The van der Waals surface area contributed by atoms with Crippen LogP contribution < -0.4 is 16.6 Å². The van der Waals surface area contributed by atoms with Crippen molar-refractivity contribution in [1.82, 2.24) is 18.7 Å². The average Bonchev–Trinajstić information content (AvgIpc) is 2.79. The van der Waals surface area contributed by atoms with Crippen LogP contribution in [0.5, 0.6) is 0 Å². The molecule has 0 aliphatic rings. The smallest absolute Gasteiger partial charge is 0.332 e. The van der Waals surface area contributed by atoms with E-state index in [9.17, 15) is 9.59 Å². The van der Waals surface area contributed by atoms with E-state index in [4.69, 9.17) is 0 Å². The van der Waals surface area contributed by atoms with Crippen LogP contribution in [0.15, 0.2) is 9.59 Å². The molecule has 0 unspecified atom stereocenters. The number of nitrogens with zero attached hydrogens (tertiary/aromatic N) is 4. The Morgan fingerprint density at radius 3 is 2.43 bits per heavy atom. The highest BCUT2D eigenvalue weighted by atomic mass is 16.2. The van der Waals surface area contributed by atoms with Crippen molar-refractivity contribution in [2.75, 3.05) is 11.9 Å². The second-order valence-corrected chi connectivity index (χ2v) is 5.19. The summed E-state index contributed by atoms with van der Waals surface area (Å²) >= 11 is 0. The first-order valence-electron chi connectivity index (χ1n) is 7.43. The van der Waals surface area contributed by atoms with Crippen LogP contribution in [0.2, 0.25) is 0 Å². The molecule has 0 atom stereocenters. The number of nitrogens with one attached hydrogen (secondary N) is 1. The molecule has 0 aromatic carbocycles. The normalized spacial score (nSPS) is 11.2. The zero-order valence-corrected chi connectivity index (χ0v) is 13.1. The van der Waals surface area contributed by atoms with E-state index in [1.54, 1.807) is 25.6 Å². The second kappa shape index (κ2) is 6.15. The van der Waals surface area contributed by atoms with E-state index in [2.05, 4.69) is 17.2 Å². The van der Waals surface area contributed by atoms with Gasteiger partial charge in [-0.3, -0.25) is 13.9 Å². The molecule has 2 heterocycles. The monoisotopic (exact) mass is 293 g/mol. The molecule has 0 saturated carbocycles. The molecule has 0 bridgehead atoms. The summed E-state index contributed by atoms with van der Waals surface area (Å²) in [6, 6.07) is 0. The lowest BCUT2D eigenvalue weighted by molar-refractivity contribution is 0.635. The molecule has 7 heteroatoms. The summed E-state index contributed by atoms with van der Waals surface area (Å²) in [6.45, 7) is 5.10. The quantitative estimate of drug-likeness (QED) is 0.808. The van der Waals surface area contributed by atoms with Gasteiger partial charge >= 0.3 is 5.69 Å². The summed E-state index contributed by atoms with van der Waals surface area (Å²) in [6.07, 6.45) is 3.36. The van der Waals surface area contributed by atoms with Crippen molar-refractivity contribution in [2.45, 2.75) is 39.7 Å². The fourth-order valence-electron chi connectivity index (χ4n) is 2.46. The van der Waals surface area contributed by atoms with Crippen LogP contribution in [0.4, 0.5) is 5.95 Å². The van der Waals surface area contributed by atoms with Crippen molar-refractivity contribution in [1.29, 1.82) is 0 Å². The highest BCUT2D eigenvalue weighted by Crippen LogP contribution is 2.13. The Bertz CT molecular complexity index is 753. The molecule has 116 valence electrons. The first-order chi connectivity index (χ1) is 10.0. The summed E-state index contributed by atoms with van der Waals surface area (Å²) in [5.41, 5.74) is 0.268. The van der Waals surface area contributed by atoms with Crippen LogP contribution in [-0.2, 0) is 20.6 Å². The van der Waals surface area contributed by atoms with Gasteiger partial charge < -0.3 is 9.88 Å². The van der Waals surface area contributed by atoms with Gasteiger partial charge in [-0.25, -0.2) is 4.79 Å². The van der Waals surface area contributed by atoms with Gasteiger partial charge in [-0.2, -0.15) is 4.98 Å². The predicted octanol–water partition coefficient (Wildman–Crippen LogP) is 1.06. The van der Waals surface area contributed by atoms with Crippen molar-refractivity contribution in [3.63, 3.8) is 0 Å². The third-order valence-electron chi connectivity index (χ3n) is 3.74. The van der Waals surface area contributed by atoms with Crippen molar-refractivity contribution in [3.05, 3.63) is 20.8 Å². The maximum Gasteiger partial charge on any atom is 0.332 e. The number of rotatable bonds is 6. The van der Waals surface area contributed by atoms with Crippen molar-refractivity contribution in [3.8, 4) is 0 Å². The van der Waals surface area contributed by atoms with Crippen molar-refractivity contribution < 1.29 is 0 Å². The van der Waals surface area contributed by atoms with Gasteiger partial charge in [-0.05, 0) is 13.3 Å². The topological polar surface area (TPSA) is 73.8 Å². The first-order valence-corrected chi connectivity index (χ1v) is 7.43. The lowest BCUT2D eigenvalue weighted by Gasteiger charge is -2.06. The van der Waals surface area contributed by atoms with E-state index in [1.165, 1.54) is 9.13 Å². The van der Waals surface area contributed by atoms with Crippen LogP contribution in [0.25, 0.3) is 11.2 Å². The minimum absolute atomic E-state index is 0.285. The number of fused-ring (bicyclic) bond motifs is 1. The molecular formula is C14H23N5O2. The Labute approximate surface area is 123 Å². The third kappa shape index (κ3) is 2.59. The lowest BCUT2D eigenvalue weighted by atomic mass is 10.2.